The maximum Gasteiger partial charge on any atom is 0.233 e. The van der Waals surface area contributed by atoms with E-state index in [4.69, 9.17) is 4.74 Å². The number of nitrogens with zero attached hydrogens (tertiary/aromatic N) is 2. The number of aromatic hydroxyl groups is 1. The number of aromatic nitrogens is 1. The van der Waals surface area contributed by atoms with E-state index in [9.17, 15) is 19.8 Å². The highest BCUT2D eigenvalue weighted by Crippen LogP contribution is 2.49. The highest BCUT2D eigenvalue weighted by molar-refractivity contribution is 6.05. The van der Waals surface area contributed by atoms with Crippen molar-refractivity contribution in [3.05, 3.63) is 71.1 Å². The topological polar surface area (TPSA) is 100.0 Å². The van der Waals surface area contributed by atoms with Crippen molar-refractivity contribution in [3.63, 3.8) is 0 Å². The number of aliphatic hydroxyl groups is 1. The van der Waals surface area contributed by atoms with E-state index >= 15 is 0 Å². The first-order valence-corrected chi connectivity index (χ1v) is 11.6. The van der Waals surface area contributed by atoms with Gasteiger partial charge in [-0.1, -0.05) is 18.2 Å². The second-order valence-corrected chi connectivity index (χ2v) is 9.24. The number of pyridine rings is 1. The van der Waals surface area contributed by atoms with Crippen LogP contribution in [0.4, 0.5) is 0 Å². The van der Waals surface area contributed by atoms with Crippen LogP contribution in [0.2, 0.25) is 0 Å². The van der Waals surface area contributed by atoms with Gasteiger partial charge in [0.1, 0.15) is 5.75 Å². The second kappa shape index (κ2) is 9.16. The predicted molar refractivity (Wildman–Crippen MR) is 126 cm³/mol. The van der Waals surface area contributed by atoms with Gasteiger partial charge in [-0.3, -0.25) is 19.5 Å². The summed E-state index contributed by atoms with van der Waals surface area (Å²) in [5.74, 6) is -1.06. The smallest absolute Gasteiger partial charge is 0.233 e. The van der Waals surface area contributed by atoms with E-state index in [1.54, 1.807) is 31.4 Å². The van der Waals surface area contributed by atoms with Gasteiger partial charge in [-0.25, -0.2) is 0 Å². The highest BCUT2D eigenvalue weighted by Gasteiger charge is 2.55. The first kappa shape index (κ1) is 22.5. The van der Waals surface area contributed by atoms with Crippen molar-refractivity contribution in [3.8, 4) is 5.75 Å². The highest BCUT2D eigenvalue weighted by atomic mass is 16.5. The van der Waals surface area contributed by atoms with E-state index in [0.29, 0.717) is 25.9 Å². The van der Waals surface area contributed by atoms with Crippen LogP contribution in [0, 0.1) is 17.8 Å². The monoisotopic (exact) mass is 460 g/mol. The number of phenols is 1. The summed E-state index contributed by atoms with van der Waals surface area (Å²) in [6, 6.07) is 12.8. The molecule has 2 aliphatic heterocycles. The average Bonchev–Trinajstić information content (AvgIpc) is 3.37. The molecule has 2 aromatic rings. The number of rotatable bonds is 6. The Morgan fingerprint density at radius 3 is 2.76 bits per heavy atom. The molecule has 0 unspecified atom stereocenters. The summed E-state index contributed by atoms with van der Waals surface area (Å²) >= 11 is 0. The van der Waals surface area contributed by atoms with Crippen LogP contribution in [0.5, 0.6) is 5.75 Å². The Labute approximate surface area is 198 Å². The van der Waals surface area contributed by atoms with E-state index in [2.05, 4.69) is 4.98 Å². The Bertz CT molecular complexity index is 1170. The molecule has 2 amide bonds. The number of allylic oxidation sites excluding steroid dienone is 1. The molecule has 1 aromatic heterocycles. The fourth-order valence-electron chi connectivity index (χ4n) is 5.71. The second-order valence-electron chi connectivity index (χ2n) is 9.24. The molecule has 0 spiro atoms. The average molecular weight is 461 g/mol. The zero-order valence-corrected chi connectivity index (χ0v) is 19.1. The van der Waals surface area contributed by atoms with Crippen LogP contribution in [0.15, 0.2) is 59.8 Å². The lowest BCUT2D eigenvalue weighted by Gasteiger charge is -2.31. The molecule has 0 saturated carbocycles. The maximum absolute atomic E-state index is 12.8. The third kappa shape index (κ3) is 3.95. The number of carbonyl (C=O) groups excluding carboxylic acids is 2. The van der Waals surface area contributed by atoms with Crippen LogP contribution in [-0.2, 0) is 14.3 Å². The van der Waals surface area contributed by atoms with Crippen molar-refractivity contribution < 1.29 is 24.5 Å². The number of amides is 2. The third-order valence-electron chi connectivity index (χ3n) is 7.30. The molecule has 7 heteroatoms. The molecule has 0 radical (unpaired) electrons. The van der Waals surface area contributed by atoms with E-state index in [0.717, 1.165) is 28.0 Å². The molecule has 1 aliphatic carbocycles. The summed E-state index contributed by atoms with van der Waals surface area (Å²) in [5, 5.41) is 20.0. The number of fused-ring (bicyclic) bond motifs is 3. The zero-order chi connectivity index (χ0) is 23.8. The van der Waals surface area contributed by atoms with Crippen LogP contribution in [0.3, 0.4) is 0 Å². The van der Waals surface area contributed by atoms with Crippen LogP contribution in [0.25, 0.3) is 11.6 Å². The van der Waals surface area contributed by atoms with E-state index in [1.807, 2.05) is 30.3 Å². The normalized spacial score (nSPS) is 26.8. The molecule has 1 aromatic carbocycles. The number of imide groups is 1. The fraction of sp³-hybridized carbons (Fsp3) is 0.370. The van der Waals surface area contributed by atoms with Gasteiger partial charge < -0.3 is 14.9 Å². The van der Waals surface area contributed by atoms with Crippen molar-refractivity contribution in [1.82, 2.24) is 9.88 Å². The minimum Gasteiger partial charge on any atom is -0.508 e. The van der Waals surface area contributed by atoms with Crippen molar-refractivity contribution in [2.75, 3.05) is 20.3 Å². The summed E-state index contributed by atoms with van der Waals surface area (Å²) in [6.45, 7) is 0.249. The standard InChI is InChI=1S/C27H28N2O5/c1-29-26(32)20-13-18(14-30)24-21(25(20)27(29)33)15-34-23(24)9-8-17(22-7-2-3-10-28-22)11-16-5-4-6-19(31)12-16/h2-7,10-12,20-21,23,25,30-31H,8-9,13-15H2,1H3/b17-11-/t20-,21+,23-,25-/m1/s1. The molecule has 2 saturated heterocycles. The number of likely N-dealkylation sites (tertiary alicyclic amines) is 1. The zero-order valence-electron chi connectivity index (χ0n) is 19.1. The molecule has 3 aliphatic rings. The van der Waals surface area contributed by atoms with E-state index < -0.39 is 11.8 Å². The van der Waals surface area contributed by atoms with Crippen molar-refractivity contribution in [2.24, 2.45) is 17.8 Å². The van der Waals surface area contributed by atoms with Gasteiger partial charge in [-0.2, -0.15) is 0 Å². The minimum absolute atomic E-state index is 0.133. The van der Waals surface area contributed by atoms with Crippen LogP contribution in [-0.4, -0.2) is 58.3 Å². The number of aliphatic hydroxyl groups excluding tert-OH is 1. The van der Waals surface area contributed by atoms with Gasteiger partial charge in [0, 0.05) is 19.2 Å². The minimum atomic E-state index is -0.398. The quantitative estimate of drug-likeness (QED) is 0.508. The summed E-state index contributed by atoms with van der Waals surface area (Å²) in [6.07, 6.45) is 5.27. The first-order valence-electron chi connectivity index (χ1n) is 11.6. The number of benzene rings is 1. The first-order chi connectivity index (χ1) is 16.5. The Morgan fingerprint density at radius 2 is 2.03 bits per heavy atom. The van der Waals surface area contributed by atoms with Crippen molar-refractivity contribution >= 4 is 23.5 Å². The Morgan fingerprint density at radius 1 is 1.18 bits per heavy atom. The van der Waals surface area contributed by atoms with Crippen LogP contribution in [0.1, 0.15) is 30.5 Å². The fourth-order valence-corrected chi connectivity index (χ4v) is 5.71. The largest absolute Gasteiger partial charge is 0.508 e. The lowest BCUT2D eigenvalue weighted by Crippen LogP contribution is -2.34. The number of hydrogen-bond donors (Lipinski definition) is 2. The Balaban J connectivity index is 1.42. The van der Waals surface area contributed by atoms with Crippen molar-refractivity contribution in [2.45, 2.75) is 25.4 Å². The lowest BCUT2D eigenvalue weighted by atomic mass is 9.69. The van der Waals surface area contributed by atoms with Gasteiger partial charge in [0.05, 0.1) is 36.8 Å². The predicted octanol–water partition coefficient (Wildman–Crippen LogP) is 3.05. The van der Waals surface area contributed by atoms with Crippen molar-refractivity contribution in [1.29, 1.82) is 0 Å². The van der Waals surface area contributed by atoms with Gasteiger partial charge >= 0.3 is 0 Å². The van der Waals surface area contributed by atoms with Crippen LogP contribution >= 0.6 is 0 Å². The molecule has 2 N–H and O–H groups in total. The molecule has 4 atom stereocenters. The van der Waals surface area contributed by atoms with Gasteiger partial charge in [0.2, 0.25) is 11.8 Å². The molecular weight excluding hydrogens is 432 g/mol. The SMILES string of the molecule is CN1C(=O)[C@@H]2[C@@H](CC(CO)=C3[C@@H](CC/C(=C/c4cccc(O)c4)c4ccccn4)OC[C@@H]32)C1=O. The number of ether oxygens (including phenoxy) is 1. The molecule has 7 nitrogen and oxygen atoms in total. The molecule has 0 bridgehead atoms. The van der Waals surface area contributed by atoms with Gasteiger partial charge in [0.25, 0.3) is 0 Å². The number of phenolic OH excluding ortho intramolecular Hbond substituents is 1. The number of hydrogen-bond acceptors (Lipinski definition) is 6. The summed E-state index contributed by atoms with van der Waals surface area (Å²) < 4.78 is 6.18. The number of carbonyl (C=O) groups is 2. The van der Waals surface area contributed by atoms with Gasteiger partial charge in [-0.15, -0.1) is 0 Å². The van der Waals surface area contributed by atoms with E-state index in [-0.39, 0.29) is 36.2 Å². The Kier molecular flexibility index (Phi) is 6.06. The Hall–Kier alpha value is -3.29. The summed E-state index contributed by atoms with van der Waals surface area (Å²) in [5.41, 5.74) is 4.56. The van der Waals surface area contributed by atoms with Crippen LogP contribution < -0.4 is 0 Å². The molecule has 34 heavy (non-hydrogen) atoms. The molecule has 3 heterocycles. The molecule has 176 valence electrons. The van der Waals surface area contributed by atoms with Gasteiger partial charge in [0.15, 0.2) is 0 Å². The lowest BCUT2D eigenvalue weighted by molar-refractivity contribution is -0.138. The summed E-state index contributed by atoms with van der Waals surface area (Å²) in [4.78, 5) is 31.1. The van der Waals surface area contributed by atoms with E-state index in [1.165, 1.54) is 4.90 Å². The summed E-state index contributed by atoms with van der Waals surface area (Å²) in [7, 11) is 1.54. The molecule has 5 rings (SSSR count). The maximum atomic E-state index is 12.8. The molecular formula is C27H28N2O5. The third-order valence-corrected chi connectivity index (χ3v) is 7.30. The molecule has 2 fully saturated rings. The van der Waals surface area contributed by atoms with Gasteiger partial charge in [-0.05, 0) is 71.9 Å².